The Kier molecular flexibility index (Phi) is 2.98. The highest BCUT2D eigenvalue weighted by Gasteiger charge is 2.34. The van der Waals surface area contributed by atoms with Crippen LogP contribution in [-0.4, -0.2) is 13.2 Å². The molecule has 0 saturated carbocycles. The lowest BCUT2D eigenvalue weighted by atomic mass is 9.99. The number of benzene rings is 2. The van der Waals surface area contributed by atoms with Gasteiger partial charge in [-0.15, -0.1) is 0 Å². The van der Waals surface area contributed by atoms with Gasteiger partial charge in [0.25, 0.3) is 0 Å². The molecule has 5 heteroatoms. The van der Waals surface area contributed by atoms with Gasteiger partial charge in [-0.3, -0.25) is 0 Å². The molecule has 2 heterocycles. The van der Waals surface area contributed by atoms with E-state index in [-0.39, 0.29) is 0 Å². The Labute approximate surface area is 132 Å². The monoisotopic (exact) mass is 306 g/mol. The molecule has 0 radical (unpaired) electrons. The summed E-state index contributed by atoms with van der Waals surface area (Å²) in [5, 5.41) is 23.5. The molecular formula is C18H14N2O3. The number of pyridine rings is 1. The third kappa shape index (κ3) is 1.96. The summed E-state index contributed by atoms with van der Waals surface area (Å²) in [6.45, 7) is 2.90. The number of fused-ring (bicyclic) bond motifs is 2. The quantitative estimate of drug-likeness (QED) is 0.394. The number of nitrogens with zero attached hydrogens (tertiary/aromatic N) is 2. The smallest absolute Gasteiger partial charge is 0.225 e. The highest BCUT2D eigenvalue weighted by molar-refractivity contribution is 5.97. The van der Waals surface area contributed by atoms with E-state index >= 15 is 0 Å². The zero-order valence-electron chi connectivity index (χ0n) is 12.6. The van der Waals surface area contributed by atoms with Crippen molar-refractivity contribution in [2.45, 2.75) is 12.7 Å². The maximum atomic E-state index is 12.6. The van der Waals surface area contributed by atoms with Gasteiger partial charge in [0.2, 0.25) is 11.0 Å². The molecule has 1 aliphatic rings. The Bertz CT molecular complexity index is 969. The van der Waals surface area contributed by atoms with Gasteiger partial charge in [-0.2, -0.15) is 9.99 Å². The molecule has 0 bridgehead atoms. The summed E-state index contributed by atoms with van der Waals surface area (Å²) in [6.07, 6.45) is 0. The molecule has 0 unspecified atom stereocenters. The van der Waals surface area contributed by atoms with Crippen molar-refractivity contribution in [2.75, 3.05) is 13.2 Å². The van der Waals surface area contributed by atoms with Crippen LogP contribution >= 0.6 is 0 Å². The highest BCUT2D eigenvalue weighted by Crippen LogP contribution is 2.34. The highest BCUT2D eigenvalue weighted by atomic mass is 16.7. The maximum Gasteiger partial charge on any atom is 0.225 e. The van der Waals surface area contributed by atoms with E-state index in [9.17, 15) is 10.5 Å². The van der Waals surface area contributed by atoms with Crippen molar-refractivity contribution < 1.29 is 14.2 Å². The zero-order chi connectivity index (χ0) is 16.0. The van der Waals surface area contributed by atoms with Crippen LogP contribution in [0.1, 0.15) is 18.1 Å². The number of nitriles is 1. The zero-order valence-corrected chi connectivity index (χ0v) is 12.6. The molecule has 0 aliphatic carbocycles. The Morgan fingerprint density at radius 1 is 1.09 bits per heavy atom. The van der Waals surface area contributed by atoms with Crippen LogP contribution in [0.15, 0.2) is 42.5 Å². The van der Waals surface area contributed by atoms with Crippen LogP contribution in [0, 0.1) is 16.5 Å². The van der Waals surface area contributed by atoms with Crippen LogP contribution in [0.3, 0.4) is 0 Å². The van der Waals surface area contributed by atoms with E-state index in [1.54, 1.807) is 24.3 Å². The first-order chi connectivity index (χ1) is 11.1. The molecule has 2 aromatic carbocycles. The van der Waals surface area contributed by atoms with Crippen molar-refractivity contribution in [1.82, 2.24) is 0 Å². The lowest BCUT2D eigenvalue weighted by Crippen LogP contribution is -2.29. The van der Waals surface area contributed by atoms with Gasteiger partial charge in [-0.05, 0) is 25.1 Å². The molecule has 4 rings (SSSR count). The fourth-order valence-corrected chi connectivity index (χ4v) is 3.13. The topological polar surface area (TPSA) is 69.2 Å². The van der Waals surface area contributed by atoms with E-state index in [4.69, 9.17) is 9.47 Å². The fraction of sp³-hybridized carbons (Fsp3) is 0.222. The number of rotatable bonds is 1. The van der Waals surface area contributed by atoms with Crippen molar-refractivity contribution in [3.8, 4) is 6.07 Å². The van der Waals surface area contributed by atoms with Crippen LogP contribution < -0.4 is 4.73 Å². The third-order valence-electron chi connectivity index (χ3n) is 4.35. The molecule has 1 saturated heterocycles. The second-order valence-corrected chi connectivity index (χ2v) is 5.67. The number of hydrogen-bond donors (Lipinski definition) is 0. The van der Waals surface area contributed by atoms with Crippen molar-refractivity contribution in [2.24, 2.45) is 0 Å². The molecule has 1 fully saturated rings. The molecule has 0 N–H and O–H groups in total. The first-order valence-electron chi connectivity index (χ1n) is 7.40. The van der Waals surface area contributed by atoms with Gasteiger partial charge < -0.3 is 14.7 Å². The number of ether oxygens (including phenoxy) is 2. The molecule has 3 aromatic rings. The van der Waals surface area contributed by atoms with Crippen LogP contribution in [0.25, 0.3) is 21.8 Å². The van der Waals surface area contributed by atoms with Crippen LogP contribution in [0.5, 0.6) is 0 Å². The van der Waals surface area contributed by atoms with E-state index in [1.807, 2.05) is 25.1 Å². The summed E-state index contributed by atoms with van der Waals surface area (Å²) in [5.74, 6) is -0.833. The first kappa shape index (κ1) is 13.9. The molecule has 0 amide bonds. The summed E-state index contributed by atoms with van der Waals surface area (Å²) in [7, 11) is 0. The Morgan fingerprint density at radius 3 is 2.52 bits per heavy atom. The molecule has 1 aliphatic heterocycles. The minimum absolute atomic E-state index is 0.464. The molecule has 0 spiro atoms. The Balaban J connectivity index is 2.08. The van der Waals surface area contributed by atoms with Crippen LogP contribution in [-0.2, 0) is 15.3 Å². The minimum atomic E-state index is -0.833. The number of aromatic nitrogens is 1. The fourth-order valence-electron chi connectivity index (χ4n) is 3.13. The second kappa shape index (κ2) is 4.92. The molecular weight excluding hydrogens is 292 g/mol. The molecule has 114 valence electrons. The summed E-state index contributed by atoms with van der Waals surface area (Å²) in [6, 6.07) is 14.7. The predicted octanol–water partition coefficient (Wildman–Crippen LogP) is 2.72. The SMILES string of the molecule is CC1(c2ccc3c(c2)c(C#N)c2ccccc2[n+]3[O-])OCCO1. The predicted molar refractivity (Wildman–Crippen MR) is 84.4 cm³/mol. The summed E-state index contributed by atoms with van der Waals surface area (Å²) >= 11 is 0. The molecule has 0 atom stereocenters. The van der Waals surface area contributed by atoms with Crippen molar-refractivity contribution in [3.63, 3.8) is 0 Å². The lowest BCUT2D eigenvalue weighted by molar-refractivity contribution is -0.547. The maximum absolute atomic E-state index is 12.6. The summed E-state index contributed by atoms with van der Waals surface area (Å²) in [4.78, 5) is 0. The lowest BCUT2D eigenvalue weighted by Gasteiger charge is -2.23. The van der Waals surface area contributed by atoms with Gasteiger partial charge in [0, 0.05) is 17.7 Å². The standard InChI is InChI=1S/C18H14N2O3/c1-18(22-8-9-23-18)12-6-7-17-14(10-12)15(11-19)13-4-2-3-5-16(13)20(17)21/h2-7,10H,8-9H2,1H3. The van der Waals surface area contributed by atoms with Gasteiger partial charge in [0.1, 0.15) is 6.07 Å². The van der Waals surface area contributed by atoms with E-state index in [2.05, 4.69) is 6.07 Å². The minimum Gasteiger partial charge on any atom is -0.618 e. The van der Waals surface area contributed by atoms with Gasteiger partial charge in [-0.25, -0.2) is 0 Å². The van der Waals surface area contributed by atoms with Crippen molar-refractivity contribution >= 4 is 21.8 Å². The third-order valence-corrected chi connectivity index (χ3v) is 4.35. The van der Waals surface area contributed by atoms with Gasteiger partial charge in [0.15, 0.2) is 5.79 Å². The van der Waals surface area contributed by atoms with Gasteiger partial charge >= 0.3 is 0 Å². The van der Waals surface area contributed by atoms with E-state index in [0.29, 0.717) is 40.6 Å². The second-order valence-electron chi connectivity index (χ2n) is 5.67. The molecule has 1 aromatic heterocycles. The van der Waals surface area contributed by atoms with Crippen LogP contribution in [0.4, 0.5) is 0 Å². The van der Waals surface area contributed by atoms with Crippen LogP contribution in [0.2, 0.25) is 0 Å². The van der Waals surface area contributed by atoms with Crippen molar-refractivity contribution in [3.05, 3.63) is 58.8 Å². The average Bonchev–Trinajstić information content (AvgIpc) is 3.03. The Hall–Kier alpha value is -2.68. The van der Waals surface area contributed by atoms with E-state index < -0.39 is 5.79 Å². The molecule has 23 heavy (non-hydrogen) atoms. The summed E-state index contributed by atoms with van der Waals surface area (Å²) in [5.41, 5.74) is 2.25. The van der Waals surface area contributed by atoms with E-state index in [0.717, 1.165) is 10.3 Å². The first-order valence-corrected chi connectivity index (χ1v) is 7.40. The largest absolute Gasteiger partial charge is 0.618 e. The normalized spacial score (nSPS) is 16.7. The van der Waals surface area contributed by atoms with Crippen molar-refractivity contribution in [1.29, 1.82) is 5.26 Å². The number of hydrogen-bond acceptors (Lipinski definition) is 4. The average molecular weight is 306 g/mol. The van der Waals surface area contributed by atoms with Gasteiger partial charge in [-0.1, -0.05) is 12.1 Å². The number of para-hydroxylation sites is 1. The van der Waals surface area contributed by atoms with Gasteiger partial charge in [0.05, 0.1) is 29.5 Å². The Morgan fingerprint density at radius 2 is 1.78 bits per heavy atom. The summed E-state index contributed by atoms with van der Waals surface area (Å²) < 4.78 is 12.2. The molecule has 5 nitrogen and oxygen atoms in total. The van der Waals surface area contributed by atoms with E-state index in [1.165, 1.54) is 0 Å².